The van der Waals surface area contributed by atoms with Crippen molar-refractivity contribution in [1.82, 2.24) is 4.57 Å². The lowest BCUT2D eigenvalue weighted by Crippen LogP contribution is -2.11. The number of aromatic nitrogens is 1. The number of methoxy groups -OCH3 is 1. The largest absolute Gasteiger partial charge is 0.497 e. The smallest absolute Gasteiger partial charge is 0.120 e. The van der Waals surface area contributed by atoms with Crippen molar-refractivity contribution in [2.45, 2.75) is 18.9 Å². The number of rotatable bonds is 3. The lowest BCUT2D eigenvalue weighted by molar-refractivity contribution is 0.415. The van der Waals surface area contributed by atoms with Crippen LogP contribution in [0.5, 0.6) is 5.75 Å². The van der Waals surface area contributed by atoms with Crippen molar-refractivity contribution >= 4 is 10.9 Å². The summed E-state index contributed by atoms with van der Waals surface area (Å²) in [5, 5.41) is 1.26. The third-order valence-electron chi connectivity index (χ3n) is 3.72. The van der Waals surface area contributed by atoms with E-state index in [1.165, 1.54) is 29.3 Å². The van der Waals surface area contributed by atoms with Gasteiger partial charge in [-0.2, -0.15) is 0 Å². The topological polar surface area (TPSA) is 40.2 Å². The van der Waals surface area contributed by atoms with Gasteiger partial charge in [0.15, 0.2) is 0 Å². The summed E-state index contributed by atoms with van der Waals surface area (Å²) in [4.78, 5) is 0. The van der Waals surface area contributed by atoms with Crippen molar-refractivity contribution in [3.05, 3.63) is 30.0 Å². The second-order valence-corrected chi connectivity index (χ2v) is 4.94. The monoisotopic (exact) mass is 230 g/mol. The highest BCUT2D eigenvalue weighted by atomic mass is 16.5. The molecule has 1 aliphatic carbocycles. The molecule has 0 bridgehead atoms. The maximum Gasteiger partial charge on any atom is 0.120 e. The number of ether oxygens (including phenoxy) is 1. The molecule has 1 atom stereocenters. The van der Waals surface area contributed by atoms with Crippen molar-refractivity contribution in [1.29, 1.82) is 0 Å². The first-order chi connectivity index (χ1) is 8.20. The fraction of sp³-hybridized carbons (Fsp3) is 0.429. The summed E-state index contributed by atoms with van der Waals surface area (Å²) in [5.74, 6) is 1.58. The van der Waals surface area contributed by atoms with Gasteiger partial charge in [0.05, 0.1) is 12.6 Å². The number of hydrogen-bond donors (Lipinski definition) is 1. The zero-order valence-electron chi connectivity index (χ0n) is 10.3. The Kier molecular flexibility index (Phi) is 2.37. The van der Waals surface area contributed by atoms with Crippen LogP contribution >= 0.6 is 0 Å². The summed E-state index contributed by atoms with van der Waals surface area (Å²) < 4.78 is 7.40. The Bertz CT molecular complexity index is 555. The molecule has 3 rings (SSSR count). The Hall–Kier alpha value is -1.48. The molecule has 3 heteroatoms. The van der Waals surface area contributed by atoms with Crippen LogP contribution in [0, 0.1) is 5.92 Å². The van der Waals surface area contributed by atoms with Crippen molar-refractivity contribution in [3.63, 3.8) is 0 Å². The van der Waals surface area contributed by atoms with Gasteiger partial charge in [0.1, 0.15) is 5.75 Å². The van der Waals surface area contributed by atoms with Gasteiger partial charge in [-0.25, -0.2) is 0 Å². The molecule has 0 aliphatic heterocycles. The minimum absolute atomic E-state index is 0.187. The summed E-state index contributed by atoms with van der Waals surface area (Å²) in [6, 6.07) is 6.38. The van der Waals surface area contributed by atoms with Gasteiger partial charge >= 0.3 is 0 Å². The van der Waals surface area contributed by atoms with Gasteiger partial charge < -0.3 is 15.0 Å². The van der Waals surface area contributed by atoms with E-state index in [-0.39, 0.29) is 6.04 Å². The molecule has 0 spiro atoms. The molecule has 90 valence electrons. The first-order valence-electron chi connectivity index (χ1n) is 6.09. The average Bonchev–Trinajstić information content (AvgIpc) is 3.14. The molecular formula is C14H18N2O. The standard InChI is InChI=1S/C14H18N2O/c1-16-8-12(14(15)9-3-4-9)11-6-5-10(17-2)7-13(11)16/h5-9,14H,3-4,15H2,1-2H3. The van der Waals surface area contributed by atoms with Crippen LogP contribution in [0.25, 0.3) is 10.9 Å². The van der Waals surface area contributed by atoms with E-state index in [2.05, 4.69) is 29.9 Å². The third kappa shape index (κ3) is 1.71. The number of fused-ring (bicyclic) bond motifs is 1. The highest BCUT2D eigenvalue weighted by Gasteiger charge is 2.31. The van der Waals surface area contributed by atoms with Crippen LogP contribution in [0.3, 0.4) is 0 Å². The number of benzene rings is 1. The van der Waals surface area contributed by atoms with Gasteiger partial charge in [-0.05, 0) is 36.5 Å². The normalized spacial score (nSPS) is 17.4. The van der Waals surface area contributed by atoms with Crippen molar-refractivity contribution in [2.24, 2.45) is 18.7 Å². The molecule has 0 saturated heterocycles. The fourth-order valence-electron chi connectivity index (χ4n) is 2.50. The van der Waals surface area contributed by atoms with E-state index >= 15 is 0 Å². The minimum atomic E-state index is 0.187. The molecule has 2 N–H and O–H groups in total. The molecule has 2 aromatic rings. The van der Waals surface area contributed by atoms with Gasteiger partial charge in [0.2, 0.25) is 0 Å². The van der Waals surface area contributed by atoms with Gasteiger partial charge in [-0.1, -0.05) is 0 Å². The lowest BCUT2D eigenvalue weighted by atomic mass is 10.0. The van der Waals surface area contributed by atoms with E-state index in [4.69, 9.17) is 10.5 Å². The molecule has 0 radical (unpaired) electrons. The Labute approximate surface area is 101 Å². The van der Waals surface area contributed by atoms with Crippen molar-refractivity contribution < 1.29 is 4.74 Å². The quantitative estimate of drug-likeness (QED) is 0.880. The molecule has 1 heterocycles. The predicted octanol–water partition coefficient (Wildman–Crippen LogP) is 2.60. The van der Waals surface area contributed by atoms with Gasteiger partial charge in [-0.3, -0.25) is 0 Å². The Morgan fingerprint density at radius 3 is 2.82 bits per heavy atom. The van der Waals surface area contributed by atoms with E-state index in [0.717, 1.165) is 5.75 Å². The number of hydrogen-bond acceptors (Lipinski definition) is 2. The Morgan fingerprint density at radius 2 is 2.18 bits per heavy atom. The molecule has 0 amide bonds. The molecule has 1 aromatic carbocycles. The zero-order valence-corrected chi connectivity index (χ0v) is 10.3. The second-order valence-electron chi connectivity index (χ2n) is 4.94. The number of nitrogens with zero attached hydrogens (tertiary/aromatic N) is 1. The molecule has 1 fully saturated rings. The van der Waals surface area contributed by atoms with Crippen LogP contribution in [0.15, 0.2) is 24.4 Å². The lowest BCUT2D eigenvalue weighted by Gasteiger charge is -2.08. The SMILES string of the molecule is COc1ccc2c(C(N)C3CC3)cn(C)c2c1. The molecule has 17 heavy (non-hydrogen) atoms. The predicted molar refractivity (Wildman–Crippen MR) is 69.1 cm³/mol. The zero-order chi connectivity index (χ0) is 12.0. The van der Waals surface area contributed by atoms with Gasteiger partial charge in [-0.15, -0.1) is 0 Å². The highest BCUT2D eigenvalue weighted by molar-refractivity contribution is 5.85. The highest BCUT2D eigenvalue weighted by Crippen LogP contribution is 2.42. The molecule has 1 unspecified atom stereocenters. The van der Waals surface area contributed by atoms with Gasteiger partial charge in [0.25, 0.3) is 0 Å². The van der Waals surface area contributed by atoms with E-state index < -0.39 is 0 Å². The second kappa shape index (κ2) is 3.77. The third-order valence-corrected chi connectivity index (χ3v) is 3.72. The van der Waals surface area contributed by atoms with Crippen LogP contribution in [0.1, 0.15) is 24.4 Å². The molecule has 1 aliphatic rings. The first kappa shape index (κ1) is 10.7. The summed E-state index contributed by atoms with van der Waals surface area (Å²) >= 11 is 0. The summed E-state index contributed by atoms with van der Waals surface area (Å²) in [5.41, 5.74) is 8.77. The van der Waals surface area contributed by atoms with Crippen LogP contribution in [0.2, 0.25) is 0 Å². The van der Waals surface area contributed by atoms with Crippen LogP contribution in [-0.4, -0.2) is 11.7 Å². The molecular weight excluding hydrogens is 212 g/mol. The van der Waals surface area contributed by atoms with E-state index in [1.807, 2.05) is 6.07 Å². The molecule has 1 aromatic heterocycles. The molecule has 3 nitrogen and oxygen atoms in total. The maximum absolute atomic E-state index is 6.31. The number of aryl methyl sites for hydroxylation is 1. The van der Waals surface area contributed by atoms with E-state index in [9.17, 15) is 0 Å². The van der Waals surface area contributed by atoms with E-state index in [0.29, 0.717) is 5.92 Å². The Balaban J connectivity index is 2.13. The van der Waals surface area contributed by atoms with Crippen molar-refractivity contribution in [2.75, 3.05) is 7.11 Å². The maximum atomic E-state index is 6.31. The van der Waals surface area contributed by atoms with Crippen LogP contribution < -0.4 is 10.5 Å². The first-order valence-corrected chi connectivity index (χ1v) is 6.09. The Morgan fingerprint density at radius 1 is 1.41 bits per heavy atom. The van der Waals surface area contributed by atoms with E-state index in [1.54, 1.807) is 7.11 Å². The van der Waals surface area contributed by atoms with Crippen LogP contribution in [-0.2, 0) is 7.05 Å². The summed E-state index contributed by atoms with van der Waals surface area (Å²) in [6.45, 7) is 0. The summed E-state index contributed by atoms with van der Waals surface area (Å²) in [7, 11) is 3.76. The average molecular weight is 230 g/mol. The number of nitrogens with two attached hydrogens (primary N) is 1. The molecule has 1 saturated carbocycles. The van der Waals surface area contributed by atoms with Crippen LogP contribution in [0.4, 0.5) is 0 Å². The summed E-state index contributed by atoms with van der Waals surface area (Å²) in [6.07, 6.45) is 4.70. The minimum Gasteiger partial charge on any atom is -0.497 e. The fourth-order valence-corrected chi connectivity index (χ4v) is 2.50. The van der Waals surface area contributed by atoms with Gasteiger partial charge in [0, 0.05) is 30.7 Å². The van der Waals surface area contributed by atoms with Crippen molar-refractivity contribution in [3.8, 4) is 5.75 Å².